The largest absolute Gasteiger partial charge is 0.351 e. The summed E-state index contributed by atoms with van der Waals surface area (Å²) in [6, 6.07) is 7.58. The highest BCUT2D eigenvalue weighted by Gasteiger charge is 2.29. The van der Waals surface area contributed by atoms with Crippen LogP contribution in [0.25, 0.3) is 11.4 Å². The molecule has 0 unspecified atom stereocenters. The van der Waals surface area contributed by atoms with Gasteiger partial charge in [-0.15, -0.1) is 10.2 Å². The van der Waals surface area contributed by atoms with E-state index in [-0.39, 0.29) is 30.0 Å². The van der Waals surface area contributed by atoms with Gasteiger partial charge in [0.25, 0.3) is 0 Å². The second-order valence-electron chi connectivity index (χ2n) is 6.59. The molecule has 2 aromatic rings. The molecule has 0 aliphatic carbocycles. The van der Waals surface area contributed by atoms with Gasteiger partial charge in [-0.1, -0.05) is 38.1 Å². The summed E-state index contributed by atoms with van der Waals surface area (Å²) in [6.07, 6.45) is 0.451. The lowest BCUT2D eigenvalue weighted by molar-refractivity contribution is -0.122. The number of nitrogens with zero attached hydrogens (tertiary/aromatic N) is 4. The van der Waals surface area contributed by atoms with E-state index in [4.69, 9.17) is 0 Å². The van der Waals surface area contributed by atoms with Crippen LogP contribution in [-0.4, -0.2) is 52.1 Å². The van der Waals surface area contributed by atoms with Crippen LogP contribution in [0.4, 0.5) is 0 Å². The minimum atomic E-state index is -3.02. The highest BCUT2D eigenvalue weighted by Crippen LogP contribution is 2.19. The Kier molecular flexibility index (Phi) is 4.85. The highest BCUT2D eigenvalue weighted by molar-refractivity contribution is 7.91. The number of carbonyl (C=O) groups is 1. The molecular weight excluding hydrogens is 342 g/mol. The van der Waals surface area contributed by atoms with Crippen molar-refractivity contribution in [3.8, 4) is 11.4 Å². The molecule has 1 atom stereocenters. The van der Waals surface area contributed by atoms with Crippen LogP contribution in [0.3, 0.4) is 0 Å². The lowest BCUT2D eigenvalue weighted by Crippen LogP contribution is -2.38. The van der Waals surface area contributed by atoms with E-state index in [1.54, 1.807) is 0 Å². The Morgan fingerprint density at radius 3 is 2.64 bits per heavy atom. The molecule has 0 bridgehead atoms. The zero-order valence-electron chi connectivity index (χ0n) is 14.2. The summed E-state index contributed by atoms with van der Waals surface area (Å²) in [6.45, 7) is 4.16. The van der Waals surface area contributed by atoms with E-state index in [9.17, 15) is 13.2 Å². The van der Waals surface area contributed by atoms with E-state index in [1.165, 1.54) is 10.4 Å². The number of amides is 1. The summed E-state index contributed by atoms with van der Waals surface area (Å²) in [5.74, 6) is 0.695. The molecule has 25 heavy (non-hydrogen) atoms. The Labute approximate surface area is 146 Å². The average Bonchev–Trinajstić information content (AvgIpc) is 3.13. The minimum Gasteiger partial charge on any atom is -0.351 e. The standard InChI is InChI=1S/C16H21N5O3S/c1-11(2)12-3-5-13(6-4-12)16-18-20-21(19-16)9-15(22)17-14-7-8-25(23,24)10-14/h3-6,11,14H,7-10H2,1-2H3,(H,17,22)/t14-/m0/s1. The van der Waals surface area contributed by atoms with E-state index in [2.05, 4.69) is 34.6 Å². The number of aromatic nitrogens is 4. The summed E-state index contributed by atoms with van der Waals surface area (Å²) >= 11 is 0. The van der Waals surface area contributed by atoms with E-state index in [0.717, 1.165) is 5.56 Å². The van der Waals surface area contributed by atoms with Crippen molar-refractivity contribution in [2.24, 2.45) is 0 Å². The maximum Gasteiger partial charge on any atom is 0.243 e. The van der Waals surface area contributed by atoms with Crippen LogP contribution >= 0.6 is 0 Å². The smallest absolute Gasteiger partial charge is 0.243 e. The van der Waals surface area contributed by atoms with Crippen LogP contribution < -0.4 is 5.32 Å². The predicted octanol–water partition coefficient (Wildman–Crippen LogP) is 0.767. The van der Waals surface area contributed by atoms with Gasteiger partial charge in [-0.2, -0.15) is 4.80 Å². The molecule has 1 aromatic heterocycles. The molecule has 0 spiro atoms. The van der Waals surface area contributed by atoms with E-state index in [1.807, 2.05) is 24.3 Å². The van der Waals surface area contributed by atoms with Crippen molar-refractivity contribution in [2.75, 3.05) is 11.5 Å². The number of hydrogen-bond acceptors (Lipinski definition) is 6. The molecular formula is C16H21N5O3S. The number of rotatable bonds is 5. The minimum absolute atomic E-state index is 0.00300. The van der Waals surface area contributed by atoms with Crippen molar-refractivity contribution in [3.05, 3.63) is 29.8 Å². The summed E-state index contributed by atoms with van der Waals surface area (Å²) < 4.78 is 22.8. The Balaban J connectivity index is 1.60. The quantitative estimate of drug-likeness (QED) is 0.841. The molecule has 1 fully saturated rings. The summed E-state index contributed by atoms with van der Waals surface area (Å²) in [5, 5.41) is 14.8. The van der Waals surface area contributed by atoms with Crippen molar-refractivity contribution in [1.82, 2.24) is 25.5 Å². The van der Waals surface area contributed by atoms with Gasteiger partial charge in [0.15, 0.2) is 9.84 Å². The Morgan fingerprint density at radius 1 is 1.32 bits per heavy atom. The van der Waals surface area contributed by atoms with E-state index < -0.39 is 9.84 Å². The molecule has 0 saturated carbocycles. The first-order valence-electron chi connectivity index (χ1n) is 8.20. The molecule has 1 aromatic carbocycles. The normalized spacial score (nSPS) is 19.2. The molecule has 9 heteroatoms. The third kappa shape index (κ3) is 4.41. The van der Waals surface area contributed by atoms with Crippen molar-refractivity contribution in [3.63, 3.8) is 0 Å². The maximum absolute atomic E-state index is 12.0. The van der Waals surface area contributed by atoms with Crippen molar-refractivity contribution < 1.29 is 13.2 Å². The molecule has 1 saturated heterocycles. The zero-order chi connectivity index (χ0) is 18.0. The molecule has 1 amide bonds. The lowest BCUT2D eigenvalue weighted by atomic mass is 10.0. The Bertz CT molecular complexity index is 858. The van der Waals surface area contributed by atoms with Crippen LogP contribution in [0.15, 0.2) is 24.3 Å². The second kappa shape index (κ2) is 6.91. The monoisotopic (exact) mass is 363 g/mol. The second-order valence-corrected chi connectivity index (χ2v) is 8.82. The number of carbonyl (C=O) groups excluding carboxylic acids is 1. The molecule has 1 N–H and O–H groups in total. The average molecular weight is 363 g/mol. The van der Waals surface area contributed by atoms with Crippen LogP contribution in [0.2, 0.25) is 0 Å². The topological polar surface area (TPSA) is 107 Å². The fraction of sp³-hybridized carbons (Fsp3) is 0.500. The molecule has 0 radical (unpaired) electrons. The predicted molar refractivity (Wildman–Crippen MR) is 92.5 cm³/mol. The van der Waals surface area contributed by atoms with Crippen LogP contribution in [0.1, 0.15) is 31.7 Å². The summed E-state index contributed by atoms with van der Waals surface area (Å²) in [4.78, 5) is 13.2. The van der Waals surface area contributed by atoms with Gasteiger partial charge in [0.1, 0.15) is 6.54 Å². The first-order valence-corrected chi connectivity index (χ1v) is 10.0. The molecule has 134 valence electrons. The number of benzene rings is 1. The first-order chi connectivity index (χ1) is 11.8. The van der Waals surface area contributed by atoms with Crippen LogP contribution in [0.5, 0.6) is 0 Å². The Morgan fingerprint density at radius 2 is 2.04 bits per heavy atom. The van der Waals surface area contributed by atoms with Crippen LogP contribution in [0, 0.1) is 0 Å². The van der Waals surface area contributed by atoms with Gasteiger partial charge < -0.3 is 5.32 Å². The van der Waals surface area contributed by atoms with Crippen LogP contribution in [-0.2, 0) is 21.2 Å². The molecule has 2 heterocycles. The summed E-state index contributed by atoms with van der Waals surface area (Å²) in [5.41, 5.74) is 2.06. The molecule has 1 aliphatic rings. The fourth-order valence-corrected chi connectivity index (χ4v) is 4.43. The number of nitrogens with one attached hydrogen (secondary N) is 1. The summed E-state index contributed by atoms with van der Waals surface area (Å²) in [7, 11) is -3.02. The third-order valence-electron chi connectivity index (χ3n) is 4.17. The van der Waals surface area contributed by atoms with Gasteiger partial charge in [-0.3, -0.25) is 4.79 Å². The zero-order valence-corrected chi connectivity index (χ0v) is 15.0. The lowest BCUT2D eigenvalue weighted by Gasteiger charge is -2.09. The third-order valence-corrected chi connectivity index (χ3v) is 5.94. The van der Waals surface area contributed by atoms with Crippen molar-refractivity contribution >= 4 is 15.7 Å². The van der Waals surface area contributed by atoms with E-state index >= 15 is 0 Å². The van der Waals surface area contributed by atoms with Gasteiger partial charge in [0.05, 0.1) is 11.5 Å². The molecule has 3 rings (SSSR count). The van der Waals surface area contributed by atoms with Gasteiger partial charge in [0, 0.05) is 11.6 Å². The number of tetrazole rings is 1. The maximum atomic E-state index is 12.0. The van der Waals surface area contributed by atoms with Crippen molar-refractivity contribution in [2.45, 2.75) is 38.8 Å². The SMILES string of the molecule is CC(C)c1ccc(-c2nnn(CC(=O)N[C@H]3CCS(=O)(=O)C3)n2)cc1. The fourth-order valence-electron chi connectivity index (χ4n) is 2.75. The molecule has 8 nitrogen and oxygen atoms in total. The Hall–Kier alpha value is -2.29. The van der Waals surface area contributed by atoms with Gasteiger partial charge in [0.2, 0.25) is 11.7 Å². The number of sulfone groups is 1. The van der Waals surface area contributed by atoms with Gasteiger partial charge in [-0.25, -0.2) is 8.42 Å². The molecule has 1 aliphatic heterocycles. The van der Waals surface area contributed by atoms with Gasteiger partial charge in [-0.05, 0) is 23.1 Å². The van der Waals surface area contributed by atoms with Crippen molar-refractivity contribution in [1.29, 1.82) is 0 Å². The highest BCUT2D eigenvalue weighted by atomic mass is 32.2. The number of hydrogen-bond donors (Lipinski definition) is 1. The van der Waals surface area contributed by atoms with Gasteiger partial charge >= 0.3 is 0 Å². The van der Waals surface area contributed by atoms with E-state index in [0.29, 0.717) is 18.2 Å². The first kappa shape index (κ1) is 17.5.